The van der Waals surface area contributed by atoms with Gasteiger partial charge in [0.2, 0.25) is 0 Å². The first-order valence-corrected chi connectivity index (χ1v) is 10.8. The van der Waals surface area contributed by atoms with Gasteiger partial charge in [0.05, 0.1) is 7.11 Å². The summed E-state index contributed by atoms with van der Waals surface area (Å²) in [5.41, 5.74) is 3.10. The molecule has 0 amide bonds. The summed E-state index contributed by atoms with van der Waals surface area (Å²) in [5.74, 6) is 1.30. The Morgan fingerprint density at radius 2 is 2.07 bits per heavy atom. The van der Waals surface area contributed by atoms with E-state index in [1.165, 1.54) is 35.9 Å². The maximum Gasteiger partial charge on any atom is 0.162 e. The van der Waals surface area contributed by atoms with E-state index in [1.807, 2.05) is 6.07 Å². The highest BCUT2D eigenvalue weighted by Crippen LogP contribution is 2.28. The SMILES string of the molecule is COc1ccc2[nH]cc(CC3CCCN(CCCC(=O)c4ccc(F)cc4)C3)c2c1. The summed E-state index contributed by atoms with van der Waals surface area (Å²) in [6, 6.07) is 12.0. The highest BCUT2D eigenvalue weighted by atomic mass is 19.1. The van der Waals surface area contributed by atoms with Crippen LogP contribution in [-0.2, 0) is 6.42 Å². The Bertz CT molecular complexity index is 996. The van der Waals surface area contributed by atoms with Crippen LogP contribution in [0.3, 0.4) is 0 Å². The lowest BCUT2D eigenvalue weighted by Gasteiger charge is -2.32. The number of nitrogens with zero attached hydrogens (tertiary/aromatic N) is 1. The lowest BCUT2D eigenvalue weighted by atomic mass is 9.91. The van der Waals surface area contributed by atoms with Crippen LogP contribution in [0.1, 0.15) is 41.6 Å². The van der Waals surface area contributed by atoms with Gasteiger partial charge in [-0.2, -0.15) is 0 Å². The molecule has 30 heavy (non-hydrogen) atoms. The maximum atomic E-state index is 13.0. The van der Waals surface area contributed by atoms with Crippen LogP contribution in [0.5, 0.6) is 5.75 Å². The highest BCUT2D eigenvalue weighted by molar-refractivity contribution is 5.95. The summed E-state index contributed by atoms with van der Waals surface area (Å²) in [4.78, 5) is 18.2. The molecular weight excluding hydrogens is 379 g/mol. The van der Waals surface area contributed by atoms with Gasteiger partial charge < -0.3 is 14.6 Å². The van der Waals surface area contributed by atoms with E-state index < -0.39 is 0 Å². The van der Waals surface area contributed by atoms with Gasteiger partial charge in [0.25, 0.3) is 0 Å². The zero-order chi connectivity index (χ0) is 20.9. The van der Waals surface area contributed by atoms with E-state index in [2.05, 4.69) is 28.2 Å². The Balaban J connectivity index is 1.29. The molecule has 2 aromatic carbocycles. The summed E-state index contributed by atoms with van der Waals surface area (Å²) in [6.07, 6.45) is 6.97. The standard InChI is InChI=1S/C25H29FN2O2/c1-30-22-10-11-24-23(15-22)20(16-27-24)14-18-4-2-12-28(17-18)13-3-5-25(29)19-6-8-21(26)9-7-19/h6-11,15-16,18,27H,2-5,12-14,17H2,1H3. The molecule has 2 heterocycles. The number of ether oxygens (including phenoxy) is 1. The first-order chi connectivity index (χ1) is 14.6. The Kier molecular flexibility index (Phi) is 6.48. The molecule has 1 N–H and O–H groups in total. The van der Waals surface area contributed by atoms with E-state index in [0.29, 0.717) is 17.9 Å². The van der Waals surface area contributed by atoms with Crippen molar-refractivity contribution in [2.45, 2.75) is 32.1 Å². The fourth-order valence-corrected chi connectivity index (χ4v) is 4.53. The zero-order valence-corrected chi connectivity index (χ0v) is 17.5. The molecule has 1 fully saturated rings. The number of methoxy groups -OCH3 is 1. The molecule has 0 saturated carbocycles. The largest absolute Gasteiger partial charge is 0.497 e. The van der Waals surface area contributed by atoms with Crippen molar-refractivity contribution in [3.8, 4) is 5.75 Å². The van der Waals surface area contributed by atoms with Gasteiger partial charge in [-0.15, -0.1) is 0 Å². The fraction of sp³-hybridized carbons (Fsp3) is 0.400. The quantitative estimate of drug-likeness (QED) is 0.519. The molecule has 1 aromatic heterocycles. The molecule has 1 unspecified atom stereocenters. The number of hydrogen-bond acceptors (Lipinski definition) is 3. The summed E-state index contributed by atoms with van der Waals surface area (Å²) >= 11 is 0. The Hall–Kier alpha value is -2.66. The molecule has 0 aliphatic carbocycles. The number of hydrogen-bond donors (Lipinski definition) is 1. The first kappa shape index (κ1) is 20.6. The lowest BCUT2D eigenvalue weighted by Crippen LogP contribution is -2.37. The number of benzene rings is 2. The smallest absolute Gasteiger partial charge is 0.162 e. The van der Waals surface area contributed by atoms with Crippen LogP contribution >= 0.6 is 0 Å². The molecule has 3 aromatic rings. The second kappa shape index (κ2) is 9.43. The van der Waals surface area contributed by atoms with Crippen LogP contribution in [-0.4, -0.2) is 42.4 Å². The van der Waals surface area contributed by atoms with Crippen molar-refractivity contribution in [2.24, 2.45) is 5.92 Å². The van der Waals surface area contributed by atoms with Gasteiger partial charge in [0, 0.05) is 35.6 Å². The predicted molar refractivity (Wildman–Crippen MR) is 118 cm³/mol. The summed E-state index contributed by atoms with van der Waals surface area (Å²) in [7, 11) is 1.70. The maximum absolute atomic E-state index is 13.0. The third-order valence-corrected chi connectivity index (χ3v) is 6.13. The van der Waals surface area contributed by atoms with Gasteiger partial charge in [-0.05, 0) is 92.7 Å². The highest BCUT2D eigenvalue weighted by Gasteiger charge is 2.21. The summed E-state index contributed by atoms with van der Waals surface area (Å²) in [6.45, 7) is 3.11. The monoisotopic (exact) mass is 408 g/mol. The molecule has 0 spiro atoms. The zero-order valence-electron chi connectivity index (χ0n) is 17.5. The van der Waals surface area contributed by atoms with Gasteiger partial charge in [-0.3, -0.25) is 4.79 Å². The van der Waals surface area contributed by atoms with E-state index in [9.17, 15) is 9.18 Å². The van der Waals surface area contributed by atoms with Crippen molar-refractivity contribution in [3.63, 3.8) is 0 Å². The van der Waals surface area contributed by atoms with E-state index in [-0.39, 0.29) is 11.6 Å². The molecular formula is C25H29FN2O2. The third kappa shape index (κ3) is 4.90. The molecule has 0 radical (unpaired) electrons. The summed E-state index contributed by atoms with van der Waals surface area (Å²) < 4.78 is 18.4. The van der Waals surface area contributed by atoms with Crippen LogP contribution in [0.4, 0.5) is 4.39 Å². The minimum atomic E-state index is -0.306. The van der Waals surface area contributed by atoms with Crippen molar-refractivity contribution in [1.29, 1.82) is 0 Å². The molecule has 4 rings (SSSR count). The average Bonchev–Trinajstić information content (AvgIpc) is 3.16. The lowest BCUT2D eigenvalue weighted by molar-refractivity contribution is 0.0969. The second-order valence-corrected chi connectivity index (χ2v) is 8.27. The van der Waals surface area contributed by atoms with E-state index in [4.69, 9.17) is 4.74 Å². The molecule has 4 nitrogen and oxygen atoms in total. The van der Waals surface area contributed by atoms with E-state index in [1.54, 1.807) is 19.2 Å². The van der Waals surface area contributed by atoms with Crippen molar-refractivity contribution < 1.29 is 13.9 Å². The number of fused-ring (bicyclic) bond motifs is 1. The number of Topliss-reactive ketones (excluding diaryl/α,β-unsaturated/α-hetero) is 1. The van der Waals surface area contributed by atoms with Crippen LogP contribution in [0.2, 0.25) is 0 Å². The molecule has 1 atom stereocenters. The molecule has 1 aliphatic rings. The van der Waals surface area contributed by atoms with Gasteiger partial charge in [0.1, 0.15) is 11.6 Å². The van der Waals surface area contributed by atoms with Crippen LogP contribution in [0.25, 0.3) is 10.9 Å². The van der Waals surface area contributed by atoms with Crippen molar-refractivity contribution in [2.75, 3.05) is 26.7 Å². The number of rotatable bonds is 8. The normalized spacial score (nSPS) is 17.3. The number of carbonyl (C=O) groups excluding carboxylic acids is 1. The van der Waals surface area contributed by atoms with Crippen LogP contribution in [0, 0.1) is 11.7 Å². The van der Waals surface area contributed by atoms with Gasteiger partial charge in [-0.1, -0.05) is 0 Å². The number of ketones is 1. The number of carbonyl (C=O) groups is 1. The Morgan fingerprint density at radius 1 is 1.23 bits per heavy atom. The number of aromatic nitrogens is 1. The second-order valence-electron chi connectivity index (χ2n) is 8.27. The molecule has 158 valence electrons. The van der Waals surface area contributed by atoms with Gasteiger partial charge in [-0.25, -0.2) is 4.39 Å². The van der Waals surface area contributed by atoms with E-state index in [0.717, 1.165) is 43.7 Å². The molecule has 5 heteroatoms. The number of likely N-dealkylation sites (tertiary alicyclic amines) is 1. The van der Waals surface area contributed by atoms with Crippen molar-refractivity contribution >= 4 is 16.7 Å². The van der Waals surface area contributed by atoms with Gasteiger partial charge >= 0.3 is 0 Å². The van der Waals surface area contributed by atoms with Gasteiger partial charge in [0.15, 0.2) is 5.78 Å². The molecule has 1 aliphatic heterocycles. The Morgan fingerprint density at radius 3 is 2.87 bits per heavy atom. The van der Waals surface area contributed by atoms with Crippen molar-refractivity contribution in [3.05, 3.63) is 65.6 Å². The topological polar surface area (TPSA) is 45.3 Å². The van der Waals surface area contributed by atoms with E-state index >= 15 is 0 Å². The number of H-pyrrole nitrogens is 1. The Labute approximate surface area is 177 Å². The first-order valence-electron chi connectivity index (χ1n) is 10.8. The van der Waals surface area contributed by atoms with Crippen LogP contribution < -0.4 is 4.74 Å². The number of nitrogens with one attached hydrogen (secondary N) is 1. The number of halogens is 1. The summed E-state index contributed by atoms with van der Waals surface area (Å²) in [5, 5.41) is 1.25. The predicted octanol–water partition coefficient (Wildman–Crippen LogP) is 5.23. The number of piperidine rings is 1. The van der Waals surface area contributed by atoms with Crippen molar-refractivity contribution in [1.82, 2.24) is 9.88 Å². The minimum absolute atomic E-state index is 0.0938. The van der Waals surface area contributed by atoms with Crippen LogP contribution in [0.15, 0.2) is 48.7 Å². The molecule has 1 saturated heterocycles. The average molecular weight is 409 g/mol. The third-order valence-electron chi connectivity index (χ3n) is 6.13. The minimum Gasteiger partial charge on any atom is -0.497 e. The number of aromatic amines is 1. The molecule has 0 bridgehead atoms. The fourth-order valence-electron chi connectivity index (χ4n) is 4.53.